The molecule has 0 aliphatic rings. The summed E-state index contributed by atoms with van der Waals surface area (Å²) in [5.41, 5.74) is 4.54. The number of benzene rings is 1. The molecule has 1 atom stereocenters. The molecule has 0 fully saturated rings. The predicted octanol–water partition coefficient (Wildman–Crippen LogP) is 3.40. The van der Waals surface area contributed by atoms with Crippen molar-refractivity contribution in [2.24, 2.45) is 5.73 Å². The number of aliphatic carboxylic acids is 1. The van der Waals surface area contributed by atoms with Crippen LogP contribution >= 0.6 is 23.4 Å². The summed E-state index contributed by atoms with van der Waals surface area (Å²) in [6, 6.07) is 7.70. The van der Waals surface area contributed by atoms with Gasteiger partial charge in [-0.2, -0.15) is 0 Å². The molecule has 0 radical (unpaired) electrons. The molecule has 3 nitrogen and oxygen atoms in total. The minimum Gasteiger partial charge on any atom is -0.480 e. The van der Waals surface area contributed by atoms with Gasteiger partial charge in [-0.1, -0.05) is 18.0 Å². The average molecular weight is 288 g/mol. The van der Waals surface area contributed by atoms with Crippen LogP contribution in [0.25, 0.3) is 0 Å². The third kappa shape index (κ3) is 5.29. The van der Waals surface area contributed by atoms with Crippen molar-refractivity contribution in [2.45, 2.75) is 36.6 Å². The number of unbranched alkanes of at least 4 members (excludes halogenated alkanes) is 1. The van der Waals surface area contributed by atoms with Crippen LogP contribution in [0.2, 0.25) is 5.02 Å². The molecule has 1 unspecified atom stereocenters. The standard InChI is InChI=1S/C13H18ClNO2S/c1-13(15,12(16)17)8-2-3-9-18-11-6-4-10(14)5-7-11/h4-7H,2-3,8-9,15H2,1H3,(H,16,17). The number of carboxylic acids is 1. The van der Waals surface area contributed by atoms with E-state index >= 15 is 0 Å². The minimum atomic E-state index is -1.11. The van der Waals surface area contributed by atoms with Gasteiger partial charge < -0.3 is 10.8 Å². The maximum atomic E-state index is 10.8. The fourth-order valence-corrected chi connectivity index (χ4v) is 2.46. The van der Waals surface area contributed by atoms with Crippen molar-refractivity contribution in [3.05, 3.63) is 29.3 Å². The molecule has 1 aromatic carbocycles. The van der Waals surface area contributed by atoms with Crippen LogP contribution in [0.1, 0.15) is 26.2 Å². The highest BCUT2D eigenvalue weighted by Crippen LogP contribution is 2.22. The minimum absolute atomic E-state index is 0.503. The van der Waals surface area contributed by atoms with Crippen LogP contribution in [0.15, 0.2) is 29.2 Å². The Morgan fingerprint density at radius 1 is 1.39 bits per heavy atom. The van der Waals surface area contributed by atoms with Gasteiger partial charge in [0.05, 0.1) is 0 Å². The molecule has 0 aliphatic heterocycles. The molecule has 1 rings (SSSR count). The zero-order chi connectivity index (χ0) is 13.6. The Morgan fingerprint density at radius 2 is 2.00 bits per heavy atom. The van der Waals surface area contributed by atoms with Crippen molar-refractivity contribution >= 4 is 29.3 Å². The number of hydrogen-bond acceptors (Lipinski definition) is 3. The number of thioether (sulfide) groups is 1. The molecule has 0 bridgehead atoms. The summed E-state index contributed by atoms with van der Waals surface area (Å²) < 4.78 is 0. The first-order valence-corrected chi connectivity index (χ1v) is 7.19. The summed E-state index contributed by atoms with van der Waals surface area (Å²) in [7, 11) is 0. The Bertz CT molecular complexity index is 392. The molecule has 0 saturated heterocycles. The number of halogens is 1. The van der Waals surface area contributed by atoms with Crippen LogP contribution in [0.5, 0.6) is 0 Å². The van der Waals surface area contributed by atoms with Gasteiger partial charge in [0.1, 0.15) is 5.54 Å². The summed E-state index contributed by atoms with van der Waals surface area (Å²) in [5, 5.41) is 9.59. The lowest BCUT2D eigenvalue weighted by Crippen LogP contribution is -2.44. The quantitative estimate of drug-likeness (QED) is 0.596. The van der Waals surface area contributed by atoms with E-state index in [1.165, 1.54) is 4.90 Å². The van der Waals surface area contributed by atoms with E-state index in [1.54, 1.807) is 18.7 Å². The van der Waals surface area contributed by atoms with Crippen molar-refractivity contribution < 1.29 is 9.90 Å². The SMILES string of the molecule is CC(N)(CCCCSc1ccc(Cl)cc1)C(=O)O. The summed E-state index contributed by atoms with van der Waals surface area (Å²) >= 11 is 7.54. The van der Waals surface area contributed by atoms with Gasteiger partial charge >= 0.3 is 5.97 Å². The molecule has 1 aromatic rings. The lowest BCUT2D eigenvalue weighted by molar-refractivity contribution is -0.142. The van der Waals surface area contributed by atoms with Crippen LogP contribution in [-0.2, 0) is 4.79 Å². The summed E-state index contributed by atoms with van der Waals surface area (Å²) in [6.07, 6.45) is 2.27. The number of rotatable bonds is 7. The Hall–Kier alpha value is -0.710. The monoisotopic (exact) mass is 287 g/mol. The number of nitrogens with two attached hydrogens (primary N) is 1. The van der Waals surface area contributed by atoms with Crippen molar-refractivity contribution in [2.75, 3.05) is 5.75 Å². The second kappa shape index (κ2) is 7.02. The molecule has 0 amide bonds. The van der Waals surface area contributed by atoms with Crippen LogP contribution in [-0.4, -0.2) is 22.4 Å². The van der Waals surface area contributed by atoms with E-state index in [1.807, 2.05) is 24.3 Å². The molecule has 0 heterocycles. The fourth-order valence-electron chi connectivity index (χ4n) is 1.42. The van der Waals surface area contributed by atoms with Crippen LogP contribution in [0, 0.1) is 0 Å². The first-order chi connectivity index (χ1) is 8.42. The Kier molecular flexibility index (Phi) is 5.99. The Balaban J connectivity index is 2.20. The van der Waals surface area contributed by atoms with Crippen molar-refractivity contribution in [3.63, 3.8) is 0 Å². The van der Waals surface area contributed by atoms with E-state index in [4.69, 9.17) is 22.4 Å². The van der Waals surface area contributed by atoms with Crippen molar-refractivity contribution in [3.8, 4) is 0 Å². The number of hydrogen-bond donors (Lipinski definition) is 2. The highest BCUT2D eigenvalue weighted by Gasteiger charge is 2.26. The normalized spacial score (nSPS) is 14.2. The highest BCUT2D eigenvalue weighted by atomic mass is 35.5. The molecule has 0 spiro atoms. The van der Waals surface area contributed by atoms with Gasteiger partial charge in [0.2, 0.25) is 0 Å². The summed E-state index contributed by atoms with van der Waals surface area (Å²) in [6.45, 7) is 1.56. The lowest BCUT2D eigenvalue weighted by atomic mass is 9.97. The van der Waals surface area contributed by atoms with Crippen LogP contribution in [0.4, 0.5) is 0 Å². The van der Waals surface area contributed by atoms with Crippen LogP contribution in [0.3, 0.4) is 0 Å². The second-order valence-electron chi connectivity index (χ2n) is 4.48. The zero-order valence-electron chi connectivity index (χ0n) is 10.4. The van der Waals surface area contributed by atoms with Gasteiger partial charge in [0.25, 0.3) is 0 Å². The first-order valence-electron chi connectivity index (χ1n) is 5.82. The van der Waals surface area contributed by atoms with Crippen molar-refractivity contribution in [1.29, 1.82) is 0 Å². The van der Waals surface area contributed by atoms with E-state index in [0.717, 1.165) is 23.6 Å². The fraction of sp³-hybridized carbons (Fsp3) is 0.462. The van der Waals surface area contributed by atoms with Crippen molar-refractivity contribution in [1.82, 2.24) is 0 Å². The molecule has 0 aromatic heterocycles. The molecule has 3 N–H and O–H groups in total. The number of carbonyl (C=O) groups is 1. The molecule has 0 aliphatic carbocycles. The Morgan fingerprint density at radius 3 is 2.56 bits per heavy atom. The topological polar surface area (TPSA) is 63.3 Å². The molecular weight excluding hydrogens is 270 g/mol. The smallest absolute Gasteiger partial charge is 0.323 e. The van der Waals surface area contributed by atoms with E-state index < -0.39 is 11.5 Å². The molecular formula is C13H18ClNO2S. The largest absolute Gasteiger partial charge is 0.480 e. The van der Waals surface area contributed by atoms with Crippen LogP contribution < -0.4 is 5.73 Å². The zero-order valence-corrected chi connectivity index (χ0v) is 11.9. The Labute approximate surface area is 117 Å². The van der Waals surface area contributed by atoms with E-state index in [9.17, 15) is 4.79 Å². The summed E-state index contributed by atoms with van der Waals surface area (Å²) in [5.74, 6) is 0.0185. The third-order valence-corrected chi connectivity index (χ3v) is 4.01. The van der Waals surface area contributed by atoms with E-state index in [-0.39, 0.29) is 0 Å². The first kappa shape index (κ1) is 15.3. The van der Waals surface area contributed by atoms with E-state index in [2.05, 4.69) is 0 Å². The molecule has 100 valence electrons. The lowest BCUT2D eigenvalue weighted by Gasteiger charge is -2.18. The summed E-state index contributed by atoms with van der Waals surface area (Å²) in [4.78, 5) is 12.0. The highest BCUT2D eigenvalue weighted by molar-refractivity contribution is 7.99. The van der Waals surface area contributed by atoms with Gasteiger partial charge in [0.15, 0.2) is 0 Å². The van der Waals surface area contributed by atoms with Gasteiger partial charge in [-0.15, -0.1) is 11.8 Å². The predicted molar refractivity (Wildman–Crippen MR) is 76.3 cm³/mol. The number of carboxylic acid groups (broad SMARTS) is 1. The van der Waals surface area contributed by atoms with E-state index in [0.29, 0.717) is 6.42 Å². The van der Waals surface area contributed by atoms with Gasteiger partial charge in [-0.25, -0.2) is 0 Å². The maximum Gasteiger partial charge on any atom is 0.323 e. The third-order valence-electron chi connectivity index (χ3n) is 2.66. The second-order valence-corrected chi connectivity index (χ2v) is 6.09. The average Bonchev–Trinajstić information content (AvgIpc) is 2.31. The maximum absolute atomic E-state index is 10.8. The van der Waals surface area contributed by atoms with Gasteiger partial charge in [-0.3, -0.25) is 4.79 Å². The molecule has 18 heavy (non-hydrogen) atoms. The van der Waals surface area contributed by atoms with Gasteiger partial charge in [-0.05, 0) is 49.8 Å². The molecule has 0 saturated carbocycles. The van der Waals surface area contributed by atoms with Gasteiger partial charge in [0, 0.05) is 9.92 Å². The molecule has 5 heteroatoms.